The average molecular weight is 275 g/mol. The molecule has 0 saturated heterocycles. The summed E-state index contributed by atoms with van der Waals surface area (Å²) >= 11 is 1.53. The lowest BCUT2D eigenvalue weighted by Gasteiger charge is -2.21. The Kier molecular flexibility index (Phi) is 3.10. The number of aryl methyl sites for hydroxylation is 2. The fourth-order valence-corrected chi connectivity index (χ4v) is 3.32. The molecule has 0 radical (unpaired) electrons. The fourth-order valence-electron chi connectivity index (χ4n) is 2.41. The van der Waals surface area contributed by atoms with Crippen LogP contribution in [0.15, 0.2) is 6.20 Å². The third-order valence-corrected chi connectivity index (χ3v) is 4.39. The molecule has 0 aromatic carbocycles. The molecule has 1 aliphatic carbocycles. The molecule has 0 spiro atoms. The highest BCUT2D eigenvalue weighted by Gasteiger charge is 2.23. The summed E-state index contributed by atoms with van der Waals surface area (Å²) in [7, 11) is 0. The van der Waals surface area contributed by atoms with E-state index in [1.165, 1.54) is 16.9 Å². The third kappa shape index (κ3) is 2.06. The van der Waals surface area contributed by atoms with Crippen LogP contribution in [0, 0.1) is 0 Å². The normalized spacial score (nSPS) is 12.9. The van der Waals surface area contributed by atoms with E-state index in [0.29, 0.717) is 5.13 Å². The van der Waals surface area contributed by atoms with Crippen LogP contribution in [0.5, 0.6) is 0 Å². The highest BCUT2D eigenvalue weighted by Crippen LogP contribution is 2.37. The molecule has 0 bridgehead atoms. The smallest absolute Gasteiger partial charge is 0.225 e. The van der Waals surface area contributed by atoms with E-state index < -0.39 is 0 Å². The van der Waals surface area contributed by atoms with E-state index in [-0.39, 0.29) is 0 Å². The molecule has 0 atom stereocenters. The molecule has 0 aliphatic heterocycles. The molecule has 2 aromatic rings. The summed E-state index contributed by atoms with van der Waals surface area (Å²) < 4.78 is 0. The number of thiazole rings is 1. The second-order valence-corrected chi connectivity index (χ2v) is 5.57. The number of hydrogen-bond donors (Lipinski definition) is 1. The van der Waals surface area contributed by atoms with Crippen LogP contribution < -0.4 is 10.6 Å². The molecule has 100 valence electrons. The van der Waals surface area contributed by atoms with E-state index in [9.17, 15) is 0 Å². The lowest BCUT2D eigenvalue weighted by molar-refractivity contribution is 0.809. The number of fused-ring (bicyclic) bond motifs is 3. The van der Waals surface area contributed by atoms with Crippen LogP contribution in [0.25, 0.3) is 10.6 Å². The van der Waals surface area contributed by atoms with Gasteiger partial charge in [0.15, 0.2) is 5.13 Å². The van der Waals surface area contributed by atoms with Gasteiger partial charge in [-0.2, -0.15) is 0 Å². The lowest BCUT2D eigenvalue weighted by Crippen LogP contribution is -2.24. The molecule has 3 rings (SSSR count). The van der Waals surface area contributed by atoms with E-state index >= 15 is 0 Å². The van der Waals surface area contributed by atoms with Crippen molar-refractivity contribution in [2.45, 2.75) is 26.7 Å². The number of aromatic nitrogens is 3. The fraction of sp³-hybridized carbons (Fsp3) is 0.462. The molecule has 2 heterocycles. The van der Waals surface area contributed by atoms with Gasteiger partial charge in [-0.1, -0.05) is 11.3 Å². The standard InChI is InChI=1S/C13H17N5S/c1-3-18(4-2)13-15-7-8-5-6-9-11(10(8)17-13)19-12(14)16-9/h7H,3-6H2,1-2H3,(H2,14,16). The van der Waals surface area contributed by atoms with E-state index in [1.807, 2.05) is 6.20 Å². The quantitative estimate of drug-likeness (QED) is 0.929. The largest absolute Gasteiger partial charge is 0.375 e. The lowest BCUT2D eigenvalue weighted by atomic mass is 10.00. The van der Waals surface area contributed by atoms with E-state index in [1.54, 1.807) is 0 Å². The van der Waals surface area contributed by atoms with Gasteiger partial charge in [-0.3, -0.25) is 0 Å². The van der Waals surface area contributed by atoms with Crippen LogP contribution in [0.3, 0.4) is 0 Å². The maximum atomic E-state index is 5.82. The Labute approximate surface area is 116 Å². The predicted octanol–water partition coefficient (Wildman–Crippen LogP) is 2.13. The first kappa shape index (κ1) is 12.3. The van der Waals surface area contributed by atoms with Gasteiger partial charge in [0.25, 0.3) is 0 Å². The zero-order valence-corrected chi connectivity index (χ0v) is 12.0. The molecule has 0 amide bonds. The van der Waals surface area contributed by atoms with Gasteiger partial charge in [-0.05, 0) is 32.3 Å². The van der Waals surface area contributed by atoms with Gasteiger partial charge >= 0.3 is 0 Å². The summed E-state index contributed by atoms with van der Waals surface area (Å²) in [6, 6.07) is 0. The van der Waals surface area contributed by atoms with Crippen molar-refractivity contribution in [3.05, 3.63) is 17.5 Å². The summed E-state index contributed by atoms with van der Waals surface area (Å²) in [6.07, 6.45) is 3.84. The van der Waals surface area contributed by atoms with Crippen molar-refractivity contribution in [3.8, 4) is 10.6 Å². The Bertz CT molecular complexity index is 603. The minimum absolute atomic E-state index is 0.626. The number of nitrogens with two attached hydrogens (primary N) is 1. The number of hydrogen-bond acceptors (Lipinski definition) is 6. The van der Waals surface area contributed by atoms with Crippen LogP contribution in [-0.4, -0.2) is 28.0 Å². The Morgan fingerprint density at radius 3 is 2.79 bits per heavy atom. The molecular formula is C13H17N5S. The van der Waals surface area contributed by atoms with Gasteiger partial charge in [-0.25, -0.2) is 15.0 Å². The first-order valence-corrected chi connectivity index (χ1v) is 7.41. The molecule has 0 unspecified atom stereocenters. The maximum Gasteiger partial charge on any atom is 0.225 e. The second-order valence-electron chi connectivity index (χ2n) is 4.54. The summed E-state index contributed by atoms with van der Waals surface area (Å²) in [5, 5.41) is 0.626. The predicted molar refractivity (Wildman–Crippen MR) is 78.5 cm³/mol. The highest BCUT2D eigenvalue weighted by atomic mass is 32.1. The molecule has 6 heteroatoms. The van der Waals surface area contributed by atoms with Gasteiger partial charge in [-0.15, -0.1) is 0 Å². The minimum atomic E-state index is 0.626. The highest BCUT2D eigenvalue weighted by molar-refractivity contribution is 7.18. The van der Waals surface area contributed by atoms with Gasteiger partial charge in [0.05, 0.1) is 16.3 Å². The molecule has 1 aliphatic rings. The van der Waals surface area contributed by atoms with Crippen molar-refractivity contribution < 1.29 is 0 Å². The third-order valence-electron chi connectivity index (χ3n) is 3.46. The Balaban J connectivity index is 2.09. The van der Waals surface area contributed by atoms with Crippen LogP contribution >= 0.6 is 11.3 Å². The number of nitrogen functional groups attached to an aromatic ring is 1. The summed E-state index contributed by atoms with van der Waals surface area (Å²) in [5.41, 5.74) is 9.12. The molecule has 0 fully saturated rings. The van der Waals surface area contributed by atoms with Crippen LogP contribution in [0.4, 0.5) is 11.1 Å². The van der Waals surface area contributed by atoms with Gasteiger partial charge in [0, 0.05) is 19.3 Å². The molecule has 0 saturated carbocycles. The van der Waals surface area contributed by atoms with Crippen molar-refractivity contribution in [3.63, 3.8) is 0 Å². The topological polar surface area (TPSA) is 67.9 Å². The number of anilines is 2. The molecule has 19 heavy (non-hydrogen) atoms. The van der Waals surface area contributed by atoms with Crippen molar-refractivity contribution in [1.29, 1.82) is 0 Å². The van der Waals surface area contributed by atoms with Crippen molar-refractivity contribution in [2.75, 3.05) is 23.7 Å². The summed E-state index contributed by atoms with van der Waals surface area (Å²) in [4.78, 5) is 16.9. The number of rotatable bonds is 3. The van der Waals surface area contributed by atoms with Crippen molar-refractivity contribution >= 4 is 22.4 Å². The minimum Gasteiger partial charge on any atom is -0.375 e. The number of nitrogens with zero attached hydrogens (tertiary/aromatic N) is 4. The second kappa shape index (κ2) is 4.77. The monoisotopic (exact) mass is 275 g/mol. The van der Waals surface area contributed by atoms with Gasteiger partial charge in [0.1, 0.15) is 0 Å². The first-order valence-electron chi connectivity index (χ1n) is 6.59. The maximum absolute atomic E-state index is 5.82. The molecule has 2 aromatic heterocycles. The SMILES string of the molecule is CCN(CC)c1ncc2c(n1)-c1sc(N)nc1CC2. The average Bonchev–Trinajstić information content (AvgIpc) is 2.81. The van der Waals surface area contributed by atoms with Crippen LogP contribution in [0.1, 0.15) is 25.1 Å². The Morgan fingerprint density at radius 2 is 2.05 bits per heavy atom. The van der Waals surface area contributed by atoms with Crippen LogP contribution in [-0.2, 0) is 12.8 Å². The molecule has 2 N–H and O–H groups in total. The zero-order valence-electron chi connectivity index (χ0n) is 11.2. The van der Waals surface area contributed by atoms with E-state index in [2.05, 4.69) is 28.7 Å². The summed E-state index contributed by atoms with van der Waals surface area (Å²) in [6.45, 7) is 6.05. The Hall–Kier alpha value is -1.69. The van der Waals surface area contributed by atoms with Gasteiger partial charge in [0.2, 0.25) is 5.95 Å². The Morgan fingerprint density at radius 1 is 1.26 bits per heavy atom. The van der Waals surface area contributed by atoms with Crippen LogP contribution in [0.2, 0.25) is 0 Å². The molecule has 5 nitrogen and oxygen atoms in total. The van der Waals surface area contributed by atoms with Crippen molar-refractivity contribution in [1.82, 2.24) is 15.0 Å². The summed E-state index contributed by atoms with van der Waals surface area (Å²) in [5.74, 6) is 0.795. The van der Waals surface area contributed by atoms with Crippen molar-refractivity contribution in [2.24, 2.45) is 0 Å². The molecular weight excluding hydrogens is 258 g/mol. The van der Waals surface area contributed by atoms with E-state index in [0.717, 1.165) is 48.1 Å². The van der Waals surface area contributed by atoms with Gasteiger partial charge < -0.3 is 10.6 Å². The first-order chi connectivity index (χ1) is 9.22. The zero-order chi connectivity index (χ0) is 13.4. The van der Waals surface area contributed by atoms with E-state index in [4.69, 9.17) is 10.7 Å².